The van der Waals surface area contributed by atoms with Gasteiger partial charge in [0, 0.05) is 13.2 Å². The molecule has 1 aromatic rings. The van der Waals surface area contributed by atoms with E-state index >= 15 is 0 Å². The van der Waals surface area contributed by atoms with E-state index in [-0.39, 0.29) is 17.4 Å². The van der Waals surface area contributed by atoms with Gasteiger partial charge in [0.1, 0.15) is 0 Å². The van der Waals surface area contributed by atoms with Crippen molar-refractivity contribution in [2.24, 2.45) is 11.1 Å². The molecule has 0 aliphatic rings. The Balaban J connectivity index is 2.63. The van der Waals surface area contributed by atoms with Crippen LogP contribution in [-0.2, 0) is 10.0 Å². The van der Waals surface area contributed by atoms with Crippen LogP contribution in [0.5, 0.6) is 0 Å². The van der Waals surface area contributed by atoms with E-state index in [4.69, 9.17) is 16.0 Å². The molecule has 1 atom stereocenters. The summed E-state index contributed by atoms with van der Waals surface area (Å²) in [5, 5.41) is 17.0. The highest BCUT2D eigenvalue weighted by atomic mass is 32.2. The maximum Gasteiger partial charge on any atom is 0.238 e. The van der Waals surface area contributed by atoms with Crippen LogP contribution in [0.25, 0.3) is 0 Å². The highest BCUT2D eigenvalue weighted by Crippen LogP contribution is 2.22. The van der Waals surface area contributed by atoms with E-state index in [1.807, 2.05) is 6.92 Å². The van der Waals surface area contributed by atoms with Gasteiger partial charge in [-0.1, -0.05) is 6.92 Å². The molecule has 0 radical (unpaired) electrons. The van der Waals surface area contributed by atoms with E-state index in [9.17, 15) is 8.42 Å². The number of rotatable bonds is 7. The van der Waals surface area contributed by atoms with Crippen LogP contribution < -0.4 is 16.2 Å². The maximum atomic E-state index is 11.2. The van der Waals surface area contributed by atoms with Crippen LogP contribution in [0.3, 0.4) is 0 Å². The Kier molecular flexibility index (Phi) is 5.59. The van der Waals surface area contributed by atoms with E-state index in [1.54, 1.807) is 0 Å². The van der Waals surface area contributed by atoms with Crippen LogP contribution in [0.15, 0.2) is 23.1 Å². The lowest BCUT2D eigenvalue weighted by Crippen LogP contribution is -2.13. The van der Waals surface area contributed by atoms with Gasteiger partial charge in [0.25, 0.3) is 0 Å². The highest BCUT2D eigenvalue weighted by molar-refractivity contribution is 7.89. The highest BCUT2D eigenvalue weighted by Gasteiger charge is 2.10. The van der Waals surface area contributed by atoms with Gasteiger partial charge in [0.05, 0.1) is 16.3 Å². The molecule has 0 aliphatic carbocycles. The van der Waals surface area contributed by atoms with Crippen molar-refractivity contribution in [1.29, 1.82) is 0 Å². The molecular formula is C12H21N3O3S. The fourth-order valence-electron chi connectivity index (χ4n) is 1.63. The molecule has 19 heavy (non-hydrogen) atoms. The van der Waals surface area contributed by atoms with Crippen molar-refractivity contribution in [3.8, 4) is 0 Å². The predicted octanol–water partition coefficient (Wildman–Crippen LogP) is 0.737. The molecular weight excluding hydrogens is 266 g/mol. The minimum absolute atomic E-state index is 0.0351. The second-order valence-corrected chi connectivity index (χ2v) is 6.21. The van der Waals surface area contributed by atoms with Gasteiger partial charge >= 0.3 is 0 Å². The van der Waals surface area contributed by atoms with Crippen molar-refractivity contribution in [3.63, 3.8) is 0 Å². The van der Waals surface area contributed by atoms with Crippen molar-refractivity contribution in [3.05, 3.63) is 18.2 Å². The van der Waals surface area contributed by atoms with Crippen LogP contribution in [0, 0.1) is 5.92 Å². The largest absolute Gasteiger partial charge is 0.397 e. The Bertz CT molecular complexity index is 517. The lowest BCUT2D eigenvalue weighted by atomic mass is 10.1. The molecule has 1 unspecified atom stereocenters. The number of primary sulfonamides is 1. The molecule has 1 rings (SSSR count). The molecule has 0 aromatic heterocycles. The summed E-state index contributed by atoms with van der Waals surface area (Å²) in [4.78, 5) is 0.0351. The zero-order valence-corrected chi connectivity index (χ0v) is 11.8. The lowest BCUT2D eigenvalue weighted by Gasteiger charge is -2.12. The second kappa shape index (κ2) is 6.74. The first kappa shape index (κ1) is 15.7. The Morgan fingerprint density at radius 2 is 2.11 bits per heavy atom. The van der Waals surface area contributed by atoms with Crippen LogP contribution in [0.4, 0.5) is 11.4 Å². The van der Waals surface area contributed by atoms with Gasteiger partial charge in [-0.15, -0.1) is 0 Å². The van der Waals surface area contributed by atoms with Gasteiger partial charge in [-0.05, 0) is 37.0 Å². The third-order valence-electron chi connectivity index (χ3n) is 2.85. The quantitative estimate of drug-likeness (QED) is 0.435. The van der Waals surface area contributed by atoms with Crippen LogP contribution in [0.1, 0.15) is 19.8 Å². The van der Waals surface area contributed by atoms with E-state index in [2.05, 4.69) is 5.32 Å². The molecule has 0 heterocycles. The first-order chi connectivity index (χ1) is 8.84. The topological polar surface area (TPSA) is 118 Å². The number of nitrogens with two attached hydrogens (primary N) is 2. The average Bonchev–Trinajstić information content (AvgIpc) is 2.34. The van der Waals surface area contributed by atoms with Crippen molar-refractivity contribution in [2.45, 2.75) is 24.7 Å². The fraction of sp³-hybridized carbons (Fsp3) is 0.500. The lowest BCUT2D eigenvalue weighted by molar-refractivity contribution is 0.229. The third kappa shape index (κ3) is 5.06. The van der Waals surface area contributed by atoms with Crippen molar-refractivity contribution in [1.82, 2.24) is 0 Å². The summed E-state index contributed by atoms with van der Waals surface area (Å²) < 4.78 is 22.5. The van der Waals surface area contributed by atoms with E-state index in [0.29, 0.717) is 17.9 Å². The molecule has 0 bridgehead atoms. The standard InChI is InChI=1S/C12H21N3O3S/c1-9(8-16)3-2-6-15-12-7-10(19(14,17)18)4-5-11(12)13/h4-5,7,9,15-16H,2-3,6,8,13H2,1H3,(H2,14,17,18). The molecule has 0 fully saturated rings. The molecule has 0 amide bonds. The minimum atomic E-state index is -3.72. The second-order valence-electron chi connectivity index (χ2n) is 4.65. The average molecular weight is 287 g/mol. The number of nitrogen functional groups attached to an aromatic ring is 1. The molecule has 6 N–H and O–H groups in total. The number of hydrogen-bond acceptors (Lipinski definition) is 5. The number of aliphatic hydroxyl groups excluding tert-OH is 1. The molecule has 1 aromatic carbocycles. The SMILES string of the molecule is CC(CO)CCCNc1cc(S(N)(=O)=O)ccc1N. The van der Waals surface area contributed by atoms with E-state index < -0.39 is 10.0 Å². The minimum Gasteiger partial charge on any atom is -0.397 e. The number of anilines is 2. The first-order valence-electron chi connectivity index (χ1n) is 6.11. The number of aliphatic hydroxyl groups is 1. The molecule has 0 saturated heterocycles. The number of sulfonamides is 1. The maximum absolute atomic E-state index is 11.2. The molecule has 7 heteroatoms. The summed E-state index contributed by atoms with van der Waals surface area (Å²) in [6.45, 7) is 2.79. The van der Waals surface area contributed by atoms with Gasteiger partial charge in [-0.2, -0.15) is 0 Å². The molecule has 108 valence electrons. The fourth-order valence-corrected chi connectivity index (χ4v) is 2.17. The Labute approximate surface area is 113 Å². The summed E-state index contributed by atoms with van der Waals surface area (Å²) >= 11 is 0. The predicted molar refractivity (Wildman–Crippen MR) is 76.2 cm³/mol. The number of benzene rings is 1. The van der Waals surface area contributed by atoms with Gasteiger partial charge in [-0.25, -0.2) is 13.6 Å². The van der Waals surface area contributed by atoms with Gasteiger partial charge in [0.2, 0.25) is 10.0 Å². The van der Waals surface area contributed by atoms with Crippen LogP contribution >= 0.6 is 0 Å². The summed E-state index contributed by atoms with van der Waals surface area (Å²) in [5.74, 6) is 0.259. The molecule has 0 spiro atoms. The molecule has 0 saturated carbocycles. The van der Waals surface area contributed by atoms with E-state index in [0.717, 1.165) is 12.8 Å². The Morgan fingerprint density at radius 1 is 1.42 bits per heavy atom. The zero-order chi connectivity index (χ0) is 14.5. The molecule has 6 nitrogen and oxygen atoms in total. The van der Waals surface area contributed by atoms with Gasteiger partial charge in [0.15, 0.2) is 0 Å². The van der Waals surface area contributed by atoms with Crippen molar-refractivity contribution >= 4 is 21.4 Å². The molecule has 0 aliphatic heterocycles. The summed E-state index contributed by atoms with van der Waals surface area (Å²) in [5.41, 5.74) is 6.80. The summed E-state index contributed by atoms with van der Waals surface area (Å²) in [6.07, 6.45) is 1.75. The number of hydrogen-bond donors (Lipinski definition) is 4. The summed E-state index contributed by atoms with van der Waals surface area (Å²) in [7, 11) is -3.72. The van der Waals surface area contributed by atoms with Gasteiger partial charge in [-0.3, -0.25) is 0 Å². The third-order valence-corrected chi connectivity index (χ3v) is 3.77. The summed E-state index contributed by atoms with van der Waals surface area (Å²) in [6, 6.07) is 4.32. The normalized spacial score (nSPS) is 13.2. The number of nitrogens with one attached hydrogen (secondary N) is 1. The monoisotopic (exact) mass is 287 g/mol. The van der Waals surface area contributed by atoms with Gasteiger partial charge < -0.3 is 16.2 Å². The van der Waals surface area contributed by atoms with Crippen molar-refractivity contribution in [2.75, 3.05) is 24.2 Å². The van der Waals surface area contributed by atoms with E-state index in [1.165, 1.54) is 18.2 Å². The van der Waals surface area contributed by atoms with Crippen molar-refractivity contribution < 1.29 is 13.5 Å². The van der Waals surface area contributed by atoms with Crippen LogP contribution in [-0.4, -0.2) is 26.7 Å². The Hall–Kier alpha value is -1.31. The van der Waals surface area contributed by atoms with Crippen LogP contribution in [0.2, 0.25) is 0 Å². The first-order valence-corrected chi connectivity index (χ1v) is 7.66. The zero-order valence-electron chi connectivity index (χ0n) is 11.0. The smallest absolute Gasteiger partial charge is 0.238 e. The Morgan fingerprint density at radius 3 is 2.68 bits per heavy atom.